The van der Waals surface area contributed by atoms with Crippen LogP contribution in [0.3, 0.4) is 0 Å². The second kappa shape index (κ2) is 11.0. The molecule has 35 heavy (non-hydrogen) atoms. The van der Waals surface area contributed by atoms with Crippen LogP contribution < -0.4 is 10.1 Å². The van der Waals surface area contributed by atoms with E-state index in [1.807, 2.05) is 12.1 Å². The Balaban J connectivity index is 1.44. The third-order valence-corrected chi connectivity index (χ3v) is 7.70. The standard InChI is InChI=1S/C26H26ClN3O4S/c1-30(13-11-28-12-14-34-24-7-5-22(27)6-8-24)35(32,33)26-17-20(19-3-2-4-23(31)16-19)15-21-18-29-10-9-25(21)26/h2-10,15-18,28,31H,11-14H2,1H3. The molecule has 0 atom stereocenters. The van der Waals surface area contributed by atoms with Gasteiger partial charge in [-0.2, -0.15) is 4.31 Å². The van der Waals surface area contributed by atoms with Crippen LogP contribution in [-0.2, 0) is 10.0 Å². The van der Waals surface area contributed by atoms with Crippen molar-refractivity contribution in [3.63, 3.8) is 0 Å². The van der Waals surface area contributed by atoms with E-state index < -0.39 is 10.0 Å². The summed E-state index contributed by atoms with van der Waals surface area (Å²) in [7, 11) is -2.22. The summed E-state index contributed by atoms with van der Waals surface area (Å²) in [6, 6.07) is 19.1. The number of likely N-dealkylation sites (N-methyl/N-ethyl adjacent to an activating group) is 1. The predicted molar refractivity (Wildman–Crippen MR) is 138 cm³/mol. The van der Waals surface area contributed by atoms with Crippen molar-refractivity contribution in [3.05, 3.63) is 84.1 Å². The van der Waals surface area contributed by atoms with Crippen LogP contribution in [0.4, 0.5) is 0 Å². The maximum absolute atomic E-state index is 13.5. The van der Waals surface area contributed by atoms with E-state index in [9.17, 15) is 13.5 Å². The second-order valence-electron chi connectivity index (χ2n) is 8.00. The van der Waals surface area contributed by atoms with Crippen molar-refractivity contribution in [2.45, 2.75) is 4.90 Å². The molecule has 4 rings (SSSR count). The quantitative estimate of drug-likeness (QED) is 0.303. The van der Waals surface area contributed by atoms with Crippen LogP contribution in [0.2, 0.25) is 5.02 Å². The van der Waals surface area contributed by atoms with E-state index in [4.69, 9.17) is 16.3 Å². The lowest BCUT2D eigenvalue weighted by molar-refractivity contribution is 0.312. The van der Waals surface area contributed by atoms with Gasteiger partial charge in [0.15, 0.2) is 0 Å². The number of phenols is 1. The Kier molecular flexibility index (Phi) is 7.87. The molecule has 4 aromatic rings. The summed E-state index contributed by atoms with van der Waals surface area (Å²) in [4.78, 5) is 4.35. The van der Waals surface area contributed by atoms with Gasteiger partial charge in [0.2, 0.25) is 10.0 Å². The van der Waals surface area contributed by atoms with Crippen LogP contribution in [0, 0.1) is 0 Å². The molecule has 0 saturated carbocycles. The van der Waals surface area contributed by atoms with Gasteiger partial charge in [0, 0.05) is 54.9 Å². The number of halogens is 1. The maximum atomic E-state index is 13.5. The summed E-state index contributed by atoms with van der Waals surface area (Å²) >= 11 is 5.87. The Hall–Kier alpha value is -3.17. The highest BCUT2D eigenvalue weighted by Crippen LogP contribution is 2.32. The van der Waals surface area contributed by atoms with Gasteiger partial charge in [-0.25, -0.2) is 8.42 Å². The monoisotopic (exact) mass is 511 g/mol. The van der Waals surface area contributed by atoms with Crippen LogP contribution in [-0.4, -0.2) is 56.1 Å². The zero-order valence-corrected chi connectivity index (χ0v) is 20.8. The molecule has 0 fully saturated rings. The summed E-state index contributed by atoms with van der Waals surface area (Å²) in [5.41, 5.74) is 1.41. The Bertz CT molecular complexity index is 1410. The van der Waals surface area contributed by atoms with Gasteiger partial charge in [0.1, 0.15) is 18.1 Å². The largest absolute Gasteiger partial charge is 0.508 e. The summed E-state index contributed by atoms with van der Waals surface area (Å²) in [5.74, 6) is 0.838. The molecule has 0 aliphatic carbocycles. The molecule has 1 heterocycles. The Morgan fingerprint density at radius 2 is 1.83 bits per heavy atom. The smallest absolute Gasteiger partial charge is 0.243 e. The van der Waals surface area contributed by atoms with Gasteiger partial charge < -0.3 is 15.2 Å². The fraction of sp³-hybridized carbons (Fsp3) is 0.192. The number of aromatic nitrogens is 1. The van der Waals surface area contributed by atoms with Crippen molar-refractivity contribution >= 4 is 32.4 Å². The molecule has 0 saturated heterocycles. The van der Waals surface area contributed by atoms with Gasteiger partial charge in [-0.05, 0) is 65.7 Å². The number of phenolic OH excluding ortho intramolecular Hbond substituents is 1. The number of aromatic hydroxyl groups is 1. The van der Waals surface area contributed by atoms with Gasteiger partial charge in [0.05, 0.1) is 4.90 Å². The number of nitrogens with zero attached hydrogens (tertiary/aromatic N) is 2. The molecular formula is C26H26ClN3O4S. The topological polar surface area (TPSA) is 91.8 Å². The van der Waals surface area contributed by atoms with Crippen LogP contribution in [0.5, 0.6) is 11.5 Å². The molecule has 0 spiro atoms. The Labute approximate surface area is 210 Å². The fourth-order valence-electron chi connectivity index (χ4n) is 3.66. The van der Waals surface area contributed by atoms with Gasteiger partial charge in [0.25, 0.3) is 0 Å². The summed E-state index contributed by atoms with van der Waals surface area (Å²) in [5, 5.41) is 15.0. The van der Waals surface area contributed by atoms with E-state index in [0.717, 1.165) is 11.3 Å². The number of hydrogen-bond acceptors (Lipinski definition) is 6. The van der Waals surface area contributed by atoms with Crippen LogP contribution in [0.1, 0.15) is 0 Å². The van der Waals surface area contributed by atoms with Crippen molar-refractivity contribution in [1.82, 2.24) is 14.6 Å². The lowest BCUT2D eigenvalue weighted by atomic mass is 10.0. The first kappa shape index (κ1) is 24.9. The van der Waals surface area contributed by atoms with E-state index in [-0.39, 0.29) is 17.2 Å². The number of hydrogen-bond donors (Lipinski definition) is 2. The number of fused-ring (bicyclic) bond motifs is 1. The zero-order chi connectivity index (χ0) is 24.8. The molecule has 9 heteroatoms. The highest BCUT2D eigenvalue weighted by atomic mass is 35.5. The van der Waals surface area contributed by atoms with Crippen LogP contribution in [0.15, 0.2) is 84.0 Å². The molecule has 182 valence electrons. The zero-order valence-electron chi connectivity index (χ0n) is 19.2. The molecule has 7 nitrogen and oxygen atoms in total. The molecule has 0 aliphatic heterocycles. The van der Waals surface area contributed by atoms with Crippen molar-refractivity contribution in [3.8, 4) is 22.6 Å². The van der Waals surface area contributed by atoms with Gasteiger partial charge in [-0.3, -0.25) is 4.98 Å². The minimum Gasteiger partial charge on any atom is -0.508 e. The number of rotatable bonds is 10. The van der Waals surface area contributed by atoms with E-state index in [0.29, 0.717) is 41.1 Å². The van der Waals surface area contributed by atoms with Crippen molar-refractivity contribution in [2.24, 2.45) is 0 Å². The van der Waals surface area contributed by atoms with E-state index >= 15 is 0 Å². The van der Waals surface area contributed by atoms with Crippen LogP contribution in [0.25, 0.3) is 21.9 Å². The average Bonchev–Trinajstić information content (AvgIpc) is 2.86. The van der Waals surface area contributed by atoms with E-state index in [1.54, 1.807) is 74.0 Å². The molecule has 0 bridgehead atoms. The van der Waals surface area contributed by atoms with E-state index in [1.165, 1.54) is 4.31 Å². The van der Waals surface area contributed by atoms with Gasteiger partial charge >= 0.3 is 0 Å². The van der Waals surface area contributed by atoms with Gasteiger partial charge in [-0.1, -0.05) is 23.7 Å². The van der Waals surface area contributed by atoms with Crippen molar-refractivity contribution < 1.29 is 18.3 Å². The molecule has 0 unspecified atom stereocenters. The summed E-state index contributed by atoms with van der Waals surface area (Å²) < 4.78 is 34.0. The normalized spacial score (nSPS) is 11.7. The highest BCUT2D eigenvalue weighted by Gasteiger charge is 2.24. The van der Waals surface area contributed by atoms with Crippen LogP contribution >= 0.6 is 11.6 Å². The van der Waals surface area contributed by atoms with Gasteiger partial charge in [-0.15, -0.1) is 0 Å². The number of benzene rings is 3. The molecule has 0 radical (unpaired) electrons. The van der Waals surface area contributed by atoms with Crippen molar-refractivity contribution in [2.75, 3.05) is 33.3 Å². The predicted octanol–water partition coefficient (Wildman–Crippen LogP) is 4.55. The minimum absolute atomic E-state index is 0.112. The Morgan fingerprint density at radius 1 is 1.03 bits per heavy atom. The molecule has 3 aromatic carbocycles. The Morgan fingerprint density at radius 3 is 2.60 bits per heavy atom. The number of ether oxygens (including phenoxy) is 1. The first-order valence-corrected chi connectivity index (χ1v) is 12.9. The average molecular weight is 512 g/mol. The highest BCUT2D eigenvalue weighted by molar-refractivity contribution is 7.89. The summed E-state index contributed by atoms with van der Waals surface area (Å²) in [6.07, 6.45) is 3.22. The first-order valence-electron chi connectivity index (χ1n) is 11.1. The number of nitrogens with one attached hydrogen (secondary N) is 1. The minimum atomic E-state index is -3.79. The fourth-order valence-corrected chi connectivity index (χ4v) is 5.19. The molecule has 0 aliphatic rings. The SMILES string of the molecule is CN(CCNCCOc1ccc(Cl)cc1)S(=O)(=O)c1cc(-c2cccc(O)c2)cc2cnccc12. The summed E-state index contributed by atoms with van der Waals surface area (Å²) in [6.45, 7) is 1.76. The van der Waals surface area contributed by atoms with E-state index in [2.05, 4.69) is 10.3 Å². The molecule has 0 amide bonds. The molecule has 1 aromatic heterocycles. The molecular weight excluding hydrogens is 486 g/mol. The number of sulfonamides is 1. The number of pyridine rings is 1. The third kappa shape index (κ3) is 6.10. The second-order valence-corrected chi connectivity index (χ2v) is 10.5. The lowest BCUT2D eigenvalue weighted by Gasteiger charge is -2.20. The first-order chi connectivity index (χ1) is 16.8. The lowest BCUT2D eigenvalue weighted by Crippen LogP contribution is -2.35. The molecule has 2 N–H and O–H groups in total. The maximum Gasteiger partial charge on any atom is 0.243 e. The van der Waals surface area contributed by atoms with Crippen molar-refractivity contribution in [1.29, 1.82) is 0 Å². The third-order valence-electron chi connectivity index (χ3n) is 5.55.